The van der Waals surface area contributed by atoms with Gasteiger partial charge in [-0.3, -0.25) is 0 Å². The first kappa shape index (κ1) is 13.4. The Morgan fingerprint density at radius 1 is 1.05 bits per heavy atom. The first-order chi connectivity index (χ1) is 9.70. The van der Waals surface area contributed by atoms with E-state index in [1.807, 2.05) is 18.2 Å². The van der Waals surface area contributed by atoms with Crippen LogP contribution in [0.3, 0.4) is 0 Å². The van der Waals surface area contributed by atoms with Crippen molar-refractivity contribution >= 4 is 40.8 Å². The highest BCUT2D eigenvalue weighted by molar-refractivity contribution is 6.30. The molecule has 0 aliphatic carbocycles. The summed E-state index contributed by atoms with van der Waals surface area (Å²) in [6, 6.07) is 7.35. The molecule has 1 aromatic heterocycles. The summed E-state index contributed by atoms with van der Waals surface area (Å²) >= 11 is 11.9. The third kappa shape index (κ3) is 3.11. The Bertz CT molecular complexity index is 613. The minimum atomic E-state index is 0.187. The molecule has 0 saturated carbocycles. The first-order valence-electron chi connectivity index (χ1n) is 6.40. The van der Waals surface area contributed by atoms with Crippen LogP contribution in [0.2, 0.25) is 10.3 Å². The van der Waals surface area contributed by atoms with E-state index in [4.69, 9.17) is 23.2 Å². The van der Waals surface area contributed by atoms with Crippen molar-refractivity contribution in [2.75, 3.05) is 23.3 Å². The predicted octanol–water partition coefficient (Wildman–Crippen LogP) is 3.52. The SMILES string of the molecule is Clc1cccc(Nc2nc(Cl)nc(N3CCCC3)n2)c1. The van der Waals surface area contributed by atoms with E-state index in [0.717, 1.165) is 31.6 Å². The highest BCUT2D eigenvalue weighted by Gasteiger charge is 2.17. The molecule has 20 heavy (non-hydrogen) atoms. The van der Waals surface area contributed by atoms with E-state index >= 15 is 0 Å². The number of anilines is 3. The molecule has 1 aliphatic heterocycles. The van der Waals surface area contributed by atoms with E-state index in [9.17, 15) is 0 Å². The Morgan fingerprint density at radius 2 is 1.85 bits per heavy atom. The van der Waals surface area contributed by atoms with Crippen LogP contribution in [0.1, 0.15) is 12.8 Å². The van der Waals surface area contributed by atoms with Gasteiger partial charge in [-0.15, -0.1) is 0 Å². The van der Waals surface area contributed by atoms with E-state index in [-0.39, 0.29) is 5.28 Å². The zero-order chi connectivity index (χ0) is 13.9. The van der Waals surface area contributed by atoms with Crippen LogP contribution in [0.25, 0.3) is 0 Å². The summed E-state index contributed by atoms with van der Waals surface area (Å²) in [6.45, 7) is 1.91. The molecule has 3 rings (SSSR count). The molecule has 2 heterocycles. The summed E-state index contributed by atoms with van der Waals surface area (Å²) in [5.41, 5.74) is 0.812. The lowest BCUT2D eigenvalue weighted by Gasteiger charge is -2.15. The second-order valence-electron chi connectivity index (χ2n) is 4.56. The summed E-state index contributed by atoms with van der Waals surface area (Å²) in [5, 5.41) is 3.93. The van der Waals surface area contributed by atoms with Crippen molar-refractivity contribution in [3.63, 3.8) is 0 Å². The number of hydrogen-bond donors (Lipinski definition) is 1. The molecule has 2 aromatic rings. The fourth-order valence-electron chi connectivity index (χ4n) is 2.15. The van der Waals surface area contributed by atoms with Crippen molar-refractivity contribution in [3.05, 3.63) is 34.6 Å². The summed E-state index contributed by atoms with van der Waals surface area (Å²) in [6.07, 6.45) is 2.31. The quantitative estimate of drug-likeness (QED) is 0.940. The number of nitrogens with zero attached hydrogens (tertiary/aromatic N) is 4. The van der Waals surface area contributed by atoms with Crippen LogP contribution in [0, 0.1) is 0 Å². The van der Waals surface area contributed by atoms with Gasteiger partial charge in [-0.05, 0) is 42.6 Å². The largest absolute Gasteiger partial charge is 0.341 e. The molecular formula is C13H13Cl2N5. The minimum Gasteiger partial charge on any atom is -0.341 e. The molecule has 0 spiro atoms. The van der Waals surface area contributed by atoms with Gasteiger partial charge in [-0.25, -0.2) is 0 Å². The Balaban J connectivity index is 1.85. The van der Waals surface area contributed by atoms with Crippen LogP contribution in [0.4, 0.5) is 17.6 Å². The number of benzene rings is 1. The average molecular weight is 310 g/mol. The molecule has 0 bridgehead atoms. The molecule has 0 radical (unpaired) electrons. The lowest BCUT2D eigenvalue weighted by atomic mass is 10.3. The van der Waals surface area contributed by atoms with Crippen LogP contribution < -0.4 is 10.2 Å². The van der Waals surface area contributed by atoms with Gasteiger partial charge in [0.25, 0.3) is 0 Å². The van der Waals surface area contributed by atoms with Crippen molar-refractivity contribution in [3.8, 4) is 0 Å². The summed E-state index contributed by atoms with van der Waals surface area (Å²) in [5.74, 6) is 1.04. The standard InChI is InChI=1S/C13H13Cl2N5/c14-9-4-3-5-10(8-9)16-12-17-11(15)18-13(19-12)20-6-1-2-7-20/h3-5,8H,1-2,6-7H2,(H,16,17,18,19). The molecule has 0 atom stereocenters. The van der Waals surface area contributed by atoms with E-state index < -0.39 is 0 Å². The number of aromatic nitrogens is 3. The van der Waals surface area contributed by atoms with Crippen LogP contribution in [-0.2, 0) is 0 Å². The minimum absolute atomic E-state index is 0.187. The molecule has 0 amide bonds. The van der Waals surface area contributed by atoms with Crippen molar-refractivity contribution in [2.45, 2.75) is 12.8 Å². The van der Waals surface area contributed by atoms with E-state index in [2.05, 4.69) is 25.2 Å². The number of halogens is 2. The zero-order valence-corrected chi connectivity index (χ0v) is 12.2. The molecule has 1 aromatic carbocycles. The Hall–Kier alpha value is -1.59. The summed E-state index contributed by atoms with van der Waals surface area (Å²) in [7, 11) is 0. The van der Waals surface area contributed by atoms with Gasteiger partial charge in [0.2, 0.25) is 17.2 Å². The van der Waals surface area contributed by atoms with Crippen molar-refractivity contribution in [1.82, 2.24) is 15.0 Å². The lowest BCUT2D eigenvalue weighted by molar-refractivity contribution is 0.883. The number of hydrogen-bond acceptors (Lipinski definition) is 5. The van der Waals surface area contributed by atoms with Gasteiger partial charge in [0.15, 0.2) is 0 Å². The molecule has 1 aliphatic rings. The number of nitrogens with one attached hydrogen (secondary N) is 1. The van der Waals surface area contributed by atoms with Crippen LogP contribution in [0.15, 0.2) is 24.3 Å². The fraction of sp³-hybridized carbons (Fsp3) is 0.308. The third-order valence-electron chi connectivity index (χ3n) is 3.07. The Kier molecular flexibility index (Phi) is 3.89. The second-order valence-corrected chi connectivity index (χ2v) is 5.33. The Morgan fingerprint density at radius 3 is 2.60 bits per heavy atom. The molecule has 1 fully saturated rings. The maximum atomic E-state index is 5.97. The fourth-order valence-corrected chi connectivity index (χ4v) is 2.50. The first-order valence-corrected chi connectivity index (χ1v) is 7.15. The molecule has 1 saturated heterocycles. The van der Waals surface area contributed by atoms with Gasteiger partial charge in [0.05, 0.1) is 0 Å². The van der Waals surface area contributed by atoms with Crippen molar-refractivity contribution in [1.29, 1.82) is 0 Å². The van der Waals surface area contributed by atoms with Gasteiger partial charge in [0, 0.05) is 23.8 Å². The molecule has 1 N–H and O–H groups in total. The zero-order valence-electron chi connectivity index (χ0n) is 10.7. The molecule has 5 nitrogen and oxygen atoms in total. The van der Waals surface area contributed by atoms with Crippen LogP contribution >= 0.6 is 23.2 Å². The lowest BCUT2D eigenvalue weighted by Crippen LogP contribution is -2.21. The normalized spacial score (nSPS) is 14.6. The average Bonchev–Trinajstić information content (AvgIpc) is 2.91. The van der Waals surface area contributed by atoms with E-state index in [1.165, 1.54) is 0 Å². The summed E-state index contributed by atoms with van der Waals surface area (Å²) < 4.78 is 0. The topological polar surface area (TPSA) is 53.9 Å². The highest BCUT2D eigenvalue weighted by atomic mass is 35.5. The molecule has 104 valence electrons. The molecule has 7 heteroatoms. The summed E-state index contributed by atoms with van der Waals surface area (Å²) in [4.78, 5) is 14.8. The van der Waals surface area contributed by atoms with E-state index in [1.54, 1.807) is 6.07 Å². The smallest absolute Gasteiger partial charge is 0.233 e. The van der Waals surface area contributed by atoms with Gasteiger partial charge in [-0.1, -0.05) is 17.7 Å². The van der Waals surface area contributed by atoms with Crippen molar-refractivity contribution in [2.24, 2.45) is 0 Å². The third-order valence-corrected chi connectivity index (χ3v) is 3.47. The van der Waals surface area contributed by atoms with Gasteiger partial charge >= 0.3 is 0 Å². The molecule has 0 unspecified atom stereocenters. The van der Waals surface area contributed by atoms with Gasteiger partial charge < -0.3 is 10.2 Å². The van der Waals surface area contributed by atoms with Crippen molar-refractivity contribution < 1.29 is 0 Å². The maximum Gasteiger partial charge on any atom is 0.233 e. The highest BCUT2D eigenvalue weighted by Crippen LogP contribution is 2.22. The van der Waals surface area contributed by atoms with Crippen LogP contribution in [0.5, 0.6) is 0 Å². The van der Waals surface area contributed by atoms with E-state index in [0.29, 0.717) is 16.9 Å². The van der Waals surface area contributed by atoms with Gasteiger partial charge in [-0.2, -0.15) is 15.0 Å². The monoisotopic (exact) mass is 309 g/mol. The molecular weight excluding hydrogens is 297 g/mol. The van der Waals surface area contributed by atoms with Gasteiger partial charge in [0.1, 0.15) is 0 Å². The number of rotatable bonds is 3. The maximum absolute atomic E-state index is 5.97. The predicted molar refractivity (Wildman–Crippen MR) is 81.0 cm³/mol. The second kappa shape index (κ2) is 5.81. The Labute approximate surface area is 127 Å². The van der Waals surface area contributed by atoms with Crippen LogP contribution in [-0.4, -0.2) is 28.0 Å².